The molecular weight excluding hydrogens is 296 g/mol. The van der Waals surface area contributed by atoms with Gasteiger partial charge in [0.25, 0.3) is 0 Å². The summed E-state index contributed by atoms with van der Waals surface area (Å²) in [7, 11) is 0. The van der Waals surface area contributed by atoms with E-state index < -0.39 is 6.03 Å². The van der Waals surface area contributed by atoms with E-state index in [0.29, 0.717) is 6.54 Å². The predicted octanol–water partition coefficient (Wildman–Crippen LogP) is 5.80. The fourth-order valence-corrected chi connectivity index (χ4v) is 2.31. The molecule has 0 bridgehead atoms. The van der Waals surface area contributed by atoms with E-state index in [9.17, 15) is 4.79 Å². The van der Waals surface area contributed by atoms with Gasteiger partial charge < -0.3 is 11.1 Å². The van der Waals surface area contributed by atoms with Crippen LogP contribution < -0.4 is 11.1 Å². The smallest absolute Gasteiger partial charge is 0.312 e. The Kier molecular flexibility index (Phi) is 12.6. The van der Waals surface area contributed by atoms with Gasteiger partial charge in [-0.15, -0.1) is 0 Å². The number of nitrogens with two attached hydrogens (primary N) is 1. The zero-order valence-corrected chi connectivity index (χ0v) is 16.2. The zero-order chi connectivity index (χ0) is 18.4. The molecule has 0 fully saturated rings. The van der Waals surface area contributed by atoms with Crippen molar-refractivity contribution >= 4 is 6.03 Å². The molecule has 0 aliphatic rings. The van der Waals surface area contributed by atoms with Crippen molar-refractivity contribution in [2.24, 2.45) is 5.73 Å². The van der Waals surface area contributed by atoms with Crippen LogP contribution >= 0.6 is 0 Å². The molecule has 0 saturated carbocycles. The fraction of sp³-hybridized carbons (Fsp3) is 0.571. The van der Waals surface area contributed by atoms with Crippen LogP contribution in [0.15, 0.2) is 46.6 Å². The highest BCUT2D eigenvalue weighted by molar-refractivity contribution is 5.71. The molecule has 0 aromatic heterocycles. The van der Waals surface area contributed by atoms with Crippen molar-refractivity contribution in [3.63, 3.8) is 0 Å². The third-order valence-electron chi connectivity index (χ3n) is 3.88. The van der Waals surface area contributed by atoms with Crippen molar-refractivity contribution in [1.29, 1.82) is 0 Å². The number of hydrogen-bond acceptors (Lipinski definition) is 1. The molecule has 0 radical (unpaired) electrons. The number of primary amides is 1. The quantitative estimate of drug-likeness (QED) is 0.461. The Hall–Kier alpha value is -1.77. The van der Waals surface area contributed by atoms with Crippen molar-refractivity contribution in [2.45, 2.75) is 73.1 Å². The molecule has 0 heterocycles. The summed E-state index contributed by atoms with van der Waals surface area (Å²) in [4.78, 5) is 10.6. The number of nitrogens with one attached hydrogen (secondary N) is 1. The summed E-state index contributed by atoms with van der Waals surface area (Å²) in [6.45, 7) is 11.3. The van der Waals surface area contributed by atoms with Crippen molar-refractivity contribution in [1.82, 2.24) is 5.32 Å². The van der Waals surface area contributed by atoms with Crippen molar-refractivity contribution in [2.75, 3.05) is 6.54 Å². The third-order valence-corrected chi connectivity index (χ3v) is 3.88. The first-order valence-electron chi connectivity index (χ1n) is 8.94. The Bertz CT molecular complexity index is 492. The van der Waals surface area contributed by atoms with E-state index in [1.165, 1.54) is 22.3 Å². The van der Waals surface area contributed by atoms with E-state index >= 15 is 0 Å². The number of hydrogen-bond donors (Lipinski definition) is 2. The Morgan fingerprint density at radius 3 is 1.58 bits per heavy atom. The van der Waals surface area contributed by atoms with Crippen LogP contribution in [0.5, 0.6) is 0 Å². The fourth-order valence-electron chi connectivity index (χ4n) is 2.31. The molecule has 0 aromatic carbocycles. The number of urea groups is 1. The second-order valence-electron chi connectivity index (χ2n) is 6.79. The van der Waals surface area contributed by atoms with Gasteiger partial charge in [0.05, 0.1) is 0 Å². The molecule has 3 heteroatoms. The third kappa shape index (κ3) is 15.1. The molecule has 0 unspecified atom stereocenters. The monoisotopic (exact) mass is 332 g/mol. The number of amides is 2. The van der Waals surface area contributed by atoms with Gasteiger partial charge >= 0.3 is 6.03 Å². The number of allylic oxidation sites excluding steroid dienone is 7. The zero-order valence-electron chi connectivity index (χ0n) is 16.2. The van der Waals surface area contributed by atoms with E-state index in [0.717, 1.165) is 38.5 Å². The van der Waals surface area contributed by atoms with Gasteiger partial charge in [-0.05, 0) is 73.1 Å². The van der Waals surface area contributed by atoms with E-state index in [-0.39, 0.29) is 0 Å². The highest BCUT2D eigenvalue weighted by Crippen LogP contribution is 2.13. The second kappa shape index (κ2) is 13.6. The van der Waals surface area contributed by atoms with Crippen LogP contribution in [0.1, 0.15) is 73.1 Å². The summed E-state index contributed by atoms with van der Waals surface area (Å²) in [5, 5.41) is 2.57. The average Bonchev–Trinajstić information content (AvgIpc) is 2.46. The topological polar surface area (TPSA) is 55.1 Å². The minimum Gasteiger partial charge on any atom is -0.352 e. The Balaban J connectivity index is 3.98. The highest BCUT2D eigenvalue weighted by Gasteiger charge is 1.94. The second-order valence-corrected chi connectivity index (χ2v) is 6.79. The number of carbonyl (C=O) groups excluding carboxylic acids is 1. The van der Waals surface area contributed by atoms with Crippen LogP contribution in [0.3, 0.4) is 0 Å². The minimum absolute atomic E-state index is 0.473. The molecule has 0 atom stereocenters. The molecular formula is C21H36N2O. The first kappa shape index (κ1) is 22.2. The van der Waals surface area contributed by atoms with Gasteiger partial charge in [-0.25, -0.2) is 4.79 Å². The van der Waals surface area contributed by atoms with Gasteiger partial charge in [-0.3, -0.25) is 0 Å². The summed E-state index contributed by atoms with van der Waals surface area (Å²) in [5.74, 6) is 0. The van der Waals surface area contributed by atoms with Crippen LogP contribution in [0, 0.1) is 0 Å². The maximum absolute atomic E-state index is 10.6. The van der Waals surface area contributed by atoms with E-state index in [4.69, 9.17) is 5.73 Å². The van der Waals surface area contributed by atoms with Crippen LogP contribution in [0.2, 0.25) is 0 Å². The first-order valence-corrected chi connectivity index (χ1v) is 8.94. The Labute approximate surface area is 148 Å². The van der Waals surface area contributed by atoms with E-state index in [1.807, 2.05) is 6.08 Å². The van der Waals surface area contributed by atoms with Gasteiger partial charge in [0.15, 0.2) is 0 Å². The molecule has 0 aliphatic heterocycles. The maximum atomic E-state index is 10.6. The normalized spacial score (nSPS) is 13.0. The van der Waals surface area contributed by atoms with Crippen LogP contribution in [-0.4, -0.2) is 12.6 Å². The molecule has 0 rings (SSSR count). The van der Waals surface area contributed by atoms with Gasteiger partial charge in [-0.1, -0.05) is 46.6 Å². The van der Waals surface area contributed by atoms with Gasteiger partial charge in [-0.2, -0.15) is 0 Å². The summed E-state index contributed by atoms with van der Waals surface area (Å²) in [6.07, 6.45) is 15.7. The number of rotatable bonds is 11. The van der Waals surface area contributed by atoms with Crippen molar-refractivity contribution < 1.29 is 4.79 Å². The molecule has 2 amide bonds. The largest absolute Gasteiger partial charge is 0.352 e. The lowest BCUT2D eigenvalue weighted by molar-refractivity contribution is 0.250. The Morgan fingerprint density at radius 1 is 0.750 bits per heavy atom. The molecule has 0 saturated heterocycles. The van der Waals surface area contributed by atoms with Gasteiger partial charge in [0.1, 0.15) is 0 Å². The summed E-state index contributed by atoms with van der Waals surface area (Å²) < 4.78 is 0. The molecule has 0 aliphatic carbocycles. The lowest BCUT2D eigenvalue weighted by Crippen LogP contribution is -2.29. The molecule has 3 nitrogen and oxygen atoms in total. The van der Waals surface area contributed by atoms with Crippen molar-refractivity contribution in [3.8, 4) is 0 Å². The van der Waals surface area contributed by atoms with E-state index in [1.54, 1.807) is 0 Å². The molecule has 3 N–H and O–H groups in total. The molecule has 136 valence electrons. The molecule has 0 spiro atoms. The summed E-state index contributed by atoms with van der Waals surface area (Å²) >= 11 is 0. The van der Waals surface area contributed by atoms with Gasteiger partial charge in [0, 0.05) is 6.54 Å². The van der Waals surface area contributed by atoms with Crippen LogP contribution in [0.25, 0.3) is 0 Å². The Morgan fingerprint density at radius 2 is 1.17 bits per heavy atom. The average molecular weight is 333 g/mol. The predicted molar refractivity (Wildman–Crippen MR) is 106 cm³/mol. The SMILES string of the molecule is CC(C)=CCC/C(C)=C/CC/C(C)=C/CC/C(C)=C/CNC(N)=O. The minimum atomic E-state index is -0.473. The molecule has 0 aromatic rings. The lowest BCUT2D eigenvalue weighted by Gasteiger charge is -2.03. The van der Waals surface area contributed by atoms with Crippen LogP contribution in [0.4, 0.5) is 4.79 Å². The van der Waals surface area contributed by atoms with E-state index in [2.05, 4.69) is 58.2 Å². The molecule has 24 heavy (non-hydrogen) atoms. The van der Waals surface area contributed by atoms with Crippen LogP contribution in [-0.2, 0) is 0 Å². The maximum Gasteiger partial charge on any atom is 0.312 e. The first-order chi connectivity index (χ1) is 11.3. The van der Waals surface area contributed by atoms with Crippen molar-refractivity contribution in [3.05, 3.63) is 46.6 Å². The van der Waals surface area contributed by atoms with Gasteiger partial charge in [0.2, 0.25) is 0 Å². The summed E-state index contributed by atoms with van der Waals surface area (Å²) in [6, 6.07) is -0.473. The number of carbonyl (C=O) groups is 1. The lowest BCUT2D eigenvalue weighted by atomic mass is 10.0. The highest BCUT2D eigenvalue weighted by atomic mass is 16.2. The summed E-state index contributed by atoms with van der Waals surface area (Å²) in [5.41, 5.74) is 10.6. The standard InChI is InChI=1S/C21H36N2O/c1-17(2)9-6-10-18(3)11-7-12-19(4)13-8-14-20(5)15-16-23-21(22)24/h9,11,13,15H,6-8,10,12,14,16H2,1-5H3,(H3,22,23,24)/b18-11+,19-13+,20-15+.